The summed E-state index contributed by atoms with van der Waals surface area (Å²) < 4.78 is 5.12. The molecule has 26 heavy (non-hydrogen) atoms. The van der Waals surface area contributed by atoms with E-state index in [-0.39, 0.29) is 5.41 Å². The van der Waals surface area contributed by atoms with Crippen molar-refractivity contribution in [3.05, 3.63) is 102 Å². The number of hydrogen-bond acceptors (Lipinski definition) is 3. The quantitative estimate of drug-likeness (QED) is 0.592. The molecule has 4 nitrogen and oxygen atoms in total. The number of nitrogens with one attached hydrogen (secondary N) is 1. The fraction of sp³-hybridized carbons (Fsp3) is 0.0909. The molecule has 5 rings (SSSR count). The maximum absolute atomic E-state index is 5.12. The second-order valence-electron chi connectivity index (χ2n) is 6.55. The van der Waals surface area contributed by atoms with Crippen LogP contribution in [0.3, 0.4) is 0 Å². The molecule has 0 saturated heterocycles. The molecule has 0 aliphatic heterocycles. The summed E-state index contributed by atoms with van der Waals surface area (Å²) in [5.41, 5.74) is 6.10. The average molecular weight is 339 g/mol. The maximum atomic E-state index is 5.12. The van der Waals surface area contributed by atoms with E-state index in [1.54, 1.807) is 6.26 Å². The zero-order chi connectivity index (χ0) is 17.4. The van der Waals surface area contributed by atoms with Crippen LogP contribution in [0, 0.1) is 0 Å². The first kappa shape index (κ1) is 14.9. The van der Waals surface area contributed by atoms with Crippen LogP contribution in [0.4, 0.5) is 0 Å². The van der Waals surface area contributed by atoms with Crippen molar-refractivity contribution in [3.63, 3.8) is 0 Å². The number of nitrogens with zero attached hydrogens (tertiary/aromatic N) is 2. The second-order valence-corrected chi connectivity index (χ2v) is 6.55. The van der Waals surface area contributed by atoms with Gasteiger partial charge in [-0.2, -0.15) is 5.10 Å². The summed E-state index contributed by atoms with van der Waals surface area (Å²) in [5, 5.41) is 7.72. The molecule has 2 aromatic carbocycles. The lowest BCUT2D eigenvalue weighted by molar-refractivity contribution is 0.558. The molecule has 0 radical (unpaired) electrons. The van der Waals surface area contributed by atoms with Crippen molar-refractivity contribution in [3.8, 4) is 11.4 Å². The molecule has 0 bridgehead atoms. The van der Waals surface area contributed by atoms with Crippen LogP contribution < -0.4 is 0 Å². The second kappa shape index (κ2) is 5.85. The van der Waals surface area contributed by atoms with Crippen LogP contribution in [0.5, 0.6) is 0 Å². The molecule has 0 fully saturated rings. The summed E-state index contributed by atoms with van der Waals surface area (Å²) in [5.74, 6) is 0. The number of benzene rings is 2. The van der Waals surface area contributed by atoms with Gasteiger partial charge in [0.2, 0.25) is 0 Å². The third-order valence-corrected chi connectivity index (χ3v) is 5.13. The minimum absolute atomic E-state index is 0.219. The summed E-state index contributed by atoms with van der Waals surface area (Å²) in [6, 6.07) is 21.3. The van der Waals surface area contributed by atoms with Crippen LogP contribution in [-0.4, -0.2) is 15.2 Å². The van der Waals surface area contributed by atoms with E-state index in [1.165, 1.54) is 17.5 Å². The normalized spacial score (nSPS) is 14.9. The first-order valence-corrected chi connectivity index (χ1v) is 8.63. The number of hydrogen-bond donors (Lipinski definition) is 1. The number of aromatic amines is 1. The minimum atomic E-state index is -0.219. The van der Waals surface area contributed by atoms with Crippen LogP contribution in [0.2, 0.25) is 0 Å². The van der Waals surface area contributed by atoms with Crippen molar-refractivity contribution in [1.82, 2.24) is 15.2 Å². The van der Waals surface area contributed by atoms with E-state index in [0.717, 1.165) is 29.1 Å². The van der Waals surface area contributed by atoms with Crippen molar-refractivity contribution in [2.24, 2.45) is 0 Å². The van der Waals surface area contributed by atoms with Crippen LogP contribution in [-0.2, 0) is 11.8 Å². The summed E-state index contributed by atoms with van der Waals surface area (Å²) >= 11 is 0. The van der Waals surface area contributed by atoms with E-state index in [4.69, 9.17) is 4.42 Å². The molecule has 0 amide bonds. The van der Waals surface area contributed by atoms with Crippen molar-refractivity contribution >= 4 is 6.08 Å². The van der Waals surface area contributed by atoms with Crippen LogP contribution in [0.15, 0.2) is 83.8 Å². The SMILES string of the molecule is C1=CC(c2ccccc2)(c2ccccc2)Cc2[nH]nc(-c3cocn3)c21. The molecule has 0 saturated carbocycles. The van der Waals surface area contributed by atoms with E-state index in [2.05, 4.69) is 88.0 Å². The van der Waals surface area contributed by atoms with Gasteiger partial charge < -0.3 is 4.42 Å². The molecule has 0 unspecified atom stereocenters. The predicted molar refractivity (Wildman–Crippen MR) is 100 cm³/mol. The first-order chi connectivity index (χ1) is 12.9. The fourth-order valence-corrected chi connectivity index (χ4v) is 3.82. The Kier molecular flexibility index (Phi) is 3.35. The van der Waals surface area contributed by atoms with E-state index >= 15 is 0 Å². The van der Waals surface area contributed by atoms with Gasteiger partial charge in [-0.15, -0.1) is 0 Å². The third-order valence-electron chi connectivity index (χ3n) is 5.13. The smallest absolute Gasteiger partial charge is 0.181 e. The molecule has 1 aliphatic rings. The highest BCUT2D eigenvalue weighted by Gasteiger charge is 2.36. The molecule has 0 spiro atoms. The van der Waals surface area contributed by atoms with E-state index in [9.17, 15) is 0 Å². The van der Waals surface area contributed by atoms with Gasteiger partial charge in [0.15, 0.2) is 6.39 Å². The Morgan fingerprint density at radius 2 is 1.62 bits per heavy atom. The Hall–Kier alpha value is -3.40. The number of rotatable bonds is 3. The number of allylic oxidation sites excluding steroid dienone is 1. The van der Waals surface area contributed by atoms with E-state index in [1.807, 2.05) is 0 Å². The molecule has 2 heterocycles. The Balaban J connectivity index is 1.67. The molecule has 1 N–H and O–H groups in total. The van der Waals surface area contributed by atoms with Gasteiger partial charge in [-0.25, -0.2) is 4.98 Å². The van der Waals surface area contributed by atoms with Crippen LogP contribution in [0.1, 0.15) is 22.4 Å². The summed E-state index contributed by atoms with van der Waals surface area (Å²) in [6.07, 6.45) is 8.32. The van der Waals surface area contributed by atoms with Gasteiger partial charge in [0.1, 0.15) is 17.7 Å². The van der Waals surface area contributed by atoms with Crippen molar-refractivity contribution in [2.45, 2.75) is 11.8 Å². The Labute approximate surface area is 151 Å². The number of H-pyrrole nitrogens is 1. The van der Waals surface area contributed by atoms with E-state index in [0.29, 0.717) is 0 Å². The highest BCUT2D eigenvalue weighted by molar-refractivity contribution is 5.74. The Morgan fingerprint density at radius 3 is 2.23 bits per heavy atom. The summed E-state index contributed by atoms with van der Waals surface area (Å²) in [7, 11) is 0. The number of fused-ring (bicyclic) bond motifs is 1. The zero-order valence-electron chi connectivity index (χ0n) is 14.1. The van der Waals surface area contributed by atoms with Gasteiger partial charge in [-0.3, -0.25) is 5.10 Å². The first-order valence-electron chi connectivity index (χ1n) is 8.63. The number of oxazole rings is 1. The largest absolute Gasteiger partial charge is 0.451 e. The highest BCUT2D eigenvalue weighted by Crippen LogP contribution is 2.42. The molecular formula is C22H17N3O. The standard InChI is InChI=1S/C22H17N3O/c1-3-7-16(8-4-1)22(17-9-5-2-6-10-17)12-11-18-19(13-22)24-25-21(18)20-14-26-15-23-20/h1-12,14-15H,13H2,(H,24,25). The fourth-order valence-electron chi connectivity index (χ4n) is 3.82. The lowest BCUT2D eigenvalue weighted by Gasteiger charge is -2.34. The monoisotopic (exact) mass is 339 g/mol. The lowest BCUT2D eigenvalue weighted by Crippen LogP contribution is -2.30. The maximum Gasteiger partial charge on any atom is 0.181 e. The molecule has 2 aromatic heterocycles. The lowest BCUT2D eigenvalue weighted by atomic mass is 9.68. The topological polar surface area (TPSA) is 54.7 Å². The van der Waals surface area contributed by atoms with Crippen molar-refractivity contribution in [1.29, 1.82) is 0 Å². The average Bonchev–Trinajstić information content (AvgIpc) is 3.38. The summed E-state index contributed by atoms with van der Waals surface area (Å²) in [6.45, 7) is 0. The van der Waals surface area contributed by atoms with Gasteiger partial charge in [-0.1, -0.05) is 72.8 Å². The van der Waals surface area contributed by atoms with Gasteiger partial charge in [0.25, 0.3) is 0 Å². The van der Waals surface area contributed by atoms with Crippen LogP contribution in [0.25, 0.3) is 17.5 Å². The molecule has 4 aromatic rings. The van der Waals surface area contributed by atoms with E-state index < -0.39 is 0 Å². The van der Waals surface area contributed by atoms with Crippen molar-refractivity contribution in [2.75, 3.05) is 0 Å². The number of aromatic nitrogens is 3. The van der Waals surface area contributed by atoms with Crippen LogP contribution >= 0.6 is 0 Å². The molecule has 0 atom stereocenters. The molecule has 126 valence electrons. The highest BCUT2D eigenvalue weighted by atomic mass is 16.3. The van der Waals surface area contributed by atoms with Gasteiger partial charge in [-0.05, 0) is 11.1 Å². The molecule has 1 aliphatic carbocycles. The summed E-state index contributed by atoms with van der Waals surface area (Å²) in [4.78, 5) is 4.24. The molecule has 4 heteroatoms. The predicted octanol–water partition coefficient (Wildman–Crippen LogP) is 4.62. The van der Waals surface area contributed by atoms with Gasteiger partial charge in [0.05, 0.1) is 0 Å². The Bertz CT molecular complexity index is 1010. The van der Waals surface area contributed by atoms with Gasteiger partial charge >= 0.3 is 0 Å². The van der Waals surface area contributed by atoms with Gasteiger partial charge in [0, 0.05) is 23.1 Å². The minimum Gasteiger partial charge on any atom is -0.451 e. The zero-order valence-corrected chi connectivity index (χ0v) is 14.1. The molecular weight excluding hydrogens is 322 g/mol. The van der Waals surface area contributed by atoms with Crippen molar-refractivity contribution < 1.29 is 4.42 Å². The Morgan fingerprint density at radius 1 is 0.923 bits per heavy atom. The third kappa shape index (κ3) is 2.23.